The van der Waals surface area contributed by atoms with Crippen molar-refractivity contribution in [2.24, 2.45) is 5.73 Å². The molecule has 0 aromatic carbocycles. The highest BCUT2D eigenvalue weighted by Gasteiger charge is 2.20. The van der Waals surface area contributed by atoms with Crippen LogP contribution in [0.1, 0.15) is 17.3 Å². The smallest absolute Gasteiger partial charge is 0.142 e. The summed E-state index contributed by atoms with van der Waals surface area (Å²) in [5.74, 6) is 0.836. The normalized spacial score (nSPS) is 21.1. The molecule has 0 fully saturated rings. The number of hydrogen-bond acceptors (Lipinski definition) is 3. The molecule has 3 nitrogen and oxygen atoms in total. The van der Waals surface area contributed by atoms with Crippen molar-refractivity contribution < 1.29 is 4.74 Å². The van der Waals surface area contributed by atoms with Crippen LogP contribution >= 0.6 is 0 Å². The molecule has 0 spiro atoms. The summed E-state index contributed by atoms with van der Waals surface area (Å²) in [5.41, 5.74) is 7.83. The minimum absolute atomic E-state index is 0.0340. The summed E-state index contributed by atoms with van der Waals surface area (Å²) in [5, 5.41) is 0. The molecule has 2 N–H and O–H groups in total. The summed E-state index contributed by atoms with van der Waals surface area (Å²) in [6.45, 7) is 2.53. The van der Waals surface area contributed by atoms with Crippen LogP contribution in [0.2, 0.25) is 0 Å². The Bertz CT molecular complexity index is 285. The standard InChI is InChI=1S/C8H10N2O/c1-5-2-6-7(9)4-11-8(6)3-10-5/h2-3,7H,4,9H2,1H3. The van der Waals surface area contributed by atoms with Crippen molar-refractivity contribution in [2.75, 3.05) is 6.61 Å². The fourth-order valence-corrected chi connectivity index (χ4v) is 1.25. The largest absolute Gasteiger partial charge is 0.490 e. The Morgan fingerprint density at radius 1 is 1.73 bits per heavy atom. The molecular weight excluding hydrogens is 140 g/mol. The SMILES string of the molecule is Cc1cc2c(cn1)OCC2N. The Hall–Kier alpha value is -1.09. The van der Waals surface area contributed by atoms with E-state index in [0.29, 0.717) is 6.61 Å². The summed E-state index contributed by atoms with van der Waals surface area (Å²) in [7, 11) is 0. The number of hydrogen-bond donors (Lipinski definition) is 1. The molecule has 1 aliphatic heterocycles. The van der Waals surface area contributed by atoms with E-state index in [0.717, 1.165) is 17.0 Å². The van der Waals surface area contributed by atoms with E-state index >= 15 is 0 Å². The summed E-state index contributed by atoms with van der Waals surface area (Å²) in [6.07, 6.45) is 1.73. The molecule has 0 bridgehead atoms. The molecule has 58 valence electrons. The average molecular weight is 150 g/mol. The van der Waals surface area contributed by atoms with Gasteiger partial charge in [-0.1, -0.05) is 0 Å². The van der Waals surface area contributed by atoms with Crippen molar-refractivity contribution in [1.82, 2.24) is 4.98 Å². The molecule has 1 aromatic rings. The number of rotatable bonds is 0. The van der Waals surface area contributed by atoms with Crippen LogP contribution in [0, 0.1) is 6.92 Å². The van der Waals surface area contributed by atoms with Gasteiger partial charge in [0, 0.05) is 11.3 Å². The lowest BCUT2D eigenvalue weighted by Gasteiger charge is -1.99. The second-order valence-corrected chi connectivity index (χ2v) is 2.78. The van der Waals surface area contributed by atoms with Gasteiger partial charge in [-0.25, -0.2) is 0 Å². The predicted octanol–water partition coefficient (Wildman–Crippen LogP) is 0.782. The fourth-order valence-electron chi connectivity index (χ4n) is 1.25. The molecule has 2 heterocycles. The number of fused-ring (bicyclic) bond motifs is 1. The number of aryl methyl sites for hydroxylation is 1. The third-order valence-corrected chi connectivity index (χ3v) is 1.85. The van der Waals surface area contributed by atoms with Gasteiger partial charge in [-0.2, -0.15) is 0 Å². The molecule has 1 unspecified atom stereocenters. The Kier molecular flexibility index (Phi) is 1.32. The van der Waals surface area contributed by atoms with Crippen LogP contribution in [0.25, 0.3) is 0 Å². The number of ether oxygens (including phenoxy) is 1. The van der Waals surface area contributed by atoms with Crippen LogP contribution in [0.5, 0.6) is 5.75 Å². The van der Waals surface area contributed by atoms with Gasteiger partial charge in [0.25, 0.3) is 0 Å². The topological polar surface area (TPSA) is 48.1 Å². The van der Waals surface area contributed by atoms with Crippen molar-refractivity contribution in [2.45, 2.75) is 13.0 Å². The molecule has 0 radical (unpaired) electrons. The highest BCUT2D eigenvalue weighted by molar-refractivity contribution is 5.37. The molecule has 1 aromatic heterocycles. The lowest BCUT2D eigenvalue weighted by molar-refractivity contribution is 0.332. The number of nitrogens with zero attached hydrogens (tertiary/aromatic N) is 1. The zero-order valence-electron chi connectivity index (χ0n) is 6.37. The van der Waals surface area contributed by atoms with Gasteiger partial charge in [0.2, 0.25) is 0 Å². The molecule has 11 heavy (non-hydrogen) atoms. The van der Waals surface area contributed by atoms with E-state index in [1.165, 1.54) is 0 Å². The minimum atomic E-state index is 0.0340. The van der Waals surface area contributed by atoms with Crippen molar-refractivity contribution >= 4 is 0 Å². The highest BCUT2D eigenvalue weighted by Crippen LogP contribution is 2.29. The van der Waals surface area contributed by atoms with Crippen LogP contribution in [0.15, 0.2) is 12.3 Å². The van der Waals surface area contributed by atoms with E-state index in [4.69, 9.17) is 10.5 Å². The quantitative estimate of drug-likeness (QED) is 0.594. The molecule has 3 heteroatoms. The molecule has 1 atom stereocenters. The average Bonchev–Trinajstić information content (AvgIpc) is 2.33. The maximum absolute atomic E-state index is 5.76. The van der Waals surface area contributed by atoms with E-state index in [1.54, 1.807) is 6.20 Å². The molecule has 0 aliphatic carbocycles. The van der Waals surface area contributed by atoms with Gasteiger partial charge in [0.05, 0.1) is 12.2 Å². The Labute approximate surface area is 65.2 Å². The lowest BCUT2D eigenvalue weighted by Crippen LogP contribution is -2.10. The van der Waals surface area contributed by atoms with Gasteiger partial charge in [-0.3, -0.25) is 4.98 Å². The van der Waals surface area contributed by atoms with E-state index < -0.39 is 0 Å². The maximum atomic E-state index is 5.76. The second kappa shape index (κ2) is 2.20. The van der Waals surface area contributed by atoms with E-state index in [9.17, 15) is 0 Å². The number of pyridine rings is 1. The molecule has 2 rings (SSSR count). The van der Waals surface area contributed by atoms with Crippen molar-refractivity contribution in [3.63, 3.8) is 0 Å². The van der Waals surface area contributed by atoms with Gasteiger partial charge >= 0.3 is 0 Å². The lowest BCUT2D eigenvalue weighted by atomic mass is 10.1. The van der Waals surface area contributed by atoms with Crippen molar-refractivity contribution in [3.05, 3.63) is 23.5 Å². The number of aromatic nitrogens is 1. The Morgan fingerprint density at radius 2 is 2.55 bits per heavy atom. The highest BCUT2D eigenvalue weighted by atomic mass is 16.5. The van der Waals surface area contributed by atoms with Gasteiger partial charge in [0.15, 0.2) is 0 Å². The molecule has 0 saturated heterocycles. The third kappa shape index (κ3) is 0.973. The monoisotopic (exact) mass is 150 g/mol. The summed E-state index contributed by atoms with van der Waals surface area (Å²) in [4.78, 5) is 4.10. The van der Waals surface area contributed by atoms with Crippen molar-refractivity contribution in [3.8, 4) is 5.75 Å². The van der Waals surface area contributed by atoms with Crippen molar-refractivity contribution in [1.29, 1.82) is 0 Å². The summed E-state index contributed by atoms with van der Waals surface area (Å²) >= 11 is 0. The Balaban J connectivity index is 2.52. The van der Waals surface area contributed by atoms with Crippen LogP contribution in [0.3, 0.4) is 0 Å². The molecule has 0 saturated carbocycles. The number of nitrogens with two attached hydrogens (primary N) is 1. The zero-order chi connectivity index (χ0) is 7.84. The molecule has 1 aliphatic rings. The first-order valence-corrected chi connectivity index (χ1v) is 3.62. The maximum Gasteiger partial charge on any atom is 0.142 e. The molecule has 0 amide bonds. The van der Waals surface area contributed by atoms with Crippen LogP contribution in [0.4, 0.5) is 0 Å². The fraction of sp³-hybridized carbons (Fsp3) is 0.375. The Morgan fingerprint density at radius 3 is 3.36 bits per heavy atom. The van der Waals surface area contributed by atoms with E-state index in [-0.39, 0.29) is 6.04 Å². The second-order valence-electron chi connectivity index (χ2n) is 2.78. The van der Waals surface area contributed by atoms with E-state index in [2.05, 4.69) is 4.98 Å². The first-order chi connectivity index (χ1) is 5.27. The van der Waals surface area contributed by atoms with Crippen LogP contribution in [-0.2, 0) is 0 Å². The van der Waals surface area contributed by atoms with Crippen LogP contribution < -0.4 is 10.5 Å². The van der Waals surface area contributed by atoms with Gasteiger partial charge < -0.3 is 10.5 Å². The van der Waals surface area contributed by atoms with E-state index in [1.807, 2.05) is 13.0 Å². The molecular formula is C8H10N2O. The van der Waals surface area contributed by atoms with Gasteiger partial charge in [-0.15, -0.1) is 0 Å². The minimum Gasteiger partial charge on any atom is -0.490 e. The third-order valence-electron chi connectivity index (χ3n) is 1.85. The van der Waals surface area contributed by atoms with Gasteiger partial charge in [-0.05, 0) is 13.0 Å². The van der Waals surface area contributed by atoms with Crippen LogP contribution in [-0.4, -0.2) is 11.6 Å². The zero-order valence-corrected chi connectivity index (χ0v) is 6.37. The van der Waals surface area contributed by atoms with Gasteiger partial charge in [0.1, 0.15) is 12.4 Å². The summed E-state index contributed by atoms with van der Waals surface area (Å²) in [6, 6.07) is 2.01. The first kappa shape index (κ1) is 6.61. The first-order valence-electron chi connectivity index (χ1n) is 3.62. The summed E-state index contributed by atoms with van der Waals surface area (Å²) < 4.78 is 5.28. The predicted molar refractivity (Wildman–Crippen MR) is 41.4 cm³/mol.